The molecule has 1 aliphatic heterocycles. The number of urea groups is 1. The zero-order chi connectivity index (χ0) is 29.1. The molecule has 6 heteroatoms. The summed E-state index contributed by atoms with van der Waals surface area (Å²) in [5.74, 6) is 0.0960. The van der Waals surface area contributed by atoms with E-state index in [0.29, 0.717) is 32.6 Å². The smallest absolute Gasteiger partial charge is 0.321 e. The summed E-state index contributed by atoms with van der Waals surface area (Å²) in [4.78, 5) is 32.9. The number of aryl methyl sites for hydroxylation is 1. The minimum atomic E-state index is -0.178. The molecule has 4 aromatic rings. The maximum absolute atomic E-state index is 13.4. The van der Waals surface area contributed by atoms with Crippen LogP contribution in [0.1, 0.15) is 34.7 Å². The number of nitrogens with one attached hydrogen (secondary N) is 1. The molecule has 0 unspecified atom stereocenters. The standard InChI is InChI=1S/C36H40N4O2/c1-29-12-11-19-33(28-29)37-36(42)40(22-20-30-13-5-2-6-14-30)23-21-34(41)38-24-26-39(27-25-38)35(31-15-7-3-8-16-31)32-17-9-4-10-18-32/h2-19,28,35H,20-27H2,1H3,(H,37,42). The van der Waals surface area contributed by atoms with Crippen molar-refractivity contribution in [3.63, 3.8) is 0 Å². The van der Waals surface area contributed by atoms with Gasteiger partial charge in [0, 0.05) is 51.4 Å². The van der Waals surface area contributed by atoms with Crippen molar-refractivity contribution in [1.82, 2.24) is 14.7 Å². The minimum absolute atomic E-state index is 0.0960. The fourth-order valence-electron chi connectivity index (χ4n) is 5.65. The SMILES string of the molecule is Cc1cccc(NC(=O)N(CCC(=O)N2CCN(C(c3ccccc3)c3ccccc3)CC2)CCc2ccccc2)c1. The van der Waals surface area contributed by atoms with Gasteiger partial charge in [-0.3, -0.25) is 9.69 Å². The van der Waals surface area contributed by atoms with Gasteiger partial charge in [0.1, 0.15) is 0 Å². The van der Waals surface area contributed by atoms with Crippen LogP contribution in [0.4, 0.5) is 10.5 Å². The van der Waals surface area contributed by atoms with Gasteiger partial charge >= 0.3 is 6.03 Å². The second kappa shape index (κ2) is 14.5. The molecule has 1 saturated heterocycles. The number of hydrogen-bond acceptors (Lipinski definition) is 3. The average molecular weight is 561 g/mol. The molecule has 0 aliphatic carbocycles. The van der Waals surface area contributed by atoms with E-state index in [9.17, 15) is 9.59 Å². The molecule has 6 nitrogen and oxygen atoms in total. The Hall–Kier alpha value is -4.42. The summed E-state index contributed by atoms with van der Waals surface area (Å²) >= 11 is 0. The van der Waals surface area contributed by atoms with Crippen molar-refractivity contribution in [2.24, 2.45) is 0 Å². The number of piperazine rings is 1. The van der Waals surface area contributed by atoms with Crippen molar-refractivity contribution in [1.29, 1.82) is 0 Å². The molecule has 1 heterocycles. The number of carbonyl (C=O) groups is 2. The number of rotatable bonds is 10. The third-order valence-electron chi connectivity index (χ3n) is 7.93. The Bertz CT molecular complexity index is 1380. The van der Waals surface area contributed by atoms with Gasteiger partial charge in [-0.05, 0) is 47.7 Å². The summed E-state index contributed by atoms with van der Waals surface area (Å²) in [6.07, 6.45) is 1.03. The van der Waals surface area contributed by atoms with E-state index in [-0.39, 0.29) is 18.0 Å². The van der Waals surface area contributed by atoms with E-state index in [4.69, 9.17) is 0 Å². The summed E-state index contributed by atoms with van der Waals surface area (Å²) < 4.78 is 0. The van der Waals surface area contributed by atoms with Gasteiger partial charge in [-0.2, -0.15) is 0 Å². The van der Waals surface area contributed by atoms with E-state index in [1.165, 1.54) is 16.7 Å². The molecule has 1 N–H and O–H groups in total. The van der Waals surface area contributed by atoms with Crippen molar-refractivity contribution in [2.75, 3.05) is 44.6 Å². The monoisotopic (exact) mass is 560 g/mol. The van der Waals surface area contributed by atoms with Gasteiger partial charge in [-0.1, -0.05) is 103 Å². The Labute approximate surface area is 249 Å². The molecule has 0 aromatic heterocycles. The summed E-state index contributed by atoms with van der Waals surface area (Å²) in [5.41, 5.74) is 5.53. The Morgan fingerprint density at radius 3 is 1.93 bits per heavy atom. The van der Waals surface area contributed by atoms with Crippen LogP contribution in [0, 0.1) is 6.92 Å². The molecular weight excluding hydrogens is 520 g/mol. The lowest BCUT2D eigenvalue weighted by Gasteiger charge is -2.40. The lowest BCUT2D eigenvalue weighted by molar-refractivity contribution is -0.133. The molecule has 0 radical (unpaired) electrons. The summed E-state index contributed by atoms with van der Waals surface area (Å²) in [6.45, 7) is 5.86. The Morgan fingerprint density at radius 1 is 0.738 bits per heavy atom. The molecule has 3 amide bonds. The molecule has 5 rings (SSSR count). The second-order valence-corrected chi connectivity index (χ2v) is 10.9. The van der Waals surface area contributed by atoms with Crippen molar-refractivity contribution in [3.8, 4) is 0 Å². The predicted octanol–water partition coefficient (Wildman–Crippen LogP) is 6.40. The molecule has 0 atom stereocenters. The molecule has 1 fully saturated rings. The third-order valence-corrected chi connectivity index (χ3v) is 7.93. The van der Waals surface area contributed by atoms with Crippen LogP contribution in [-0.2, 0) is 11.2 Å². The van der Waals surface area contributed by atoms with E-state index in [1.54, 1.807) is 4.90 Å². The first kappa shape index (κ1) is 29.1. The van der Waals surface area contributed by atoms with Gasteiger partial charge in [-0.15, -0.1) is 0 Å². The topological polar surface area (TPSA) is 55.9 Å². The van der Waals surface area contributed by atoms with Crippen LogP contribution in [-0.4, -0.2) is 65.9 Å². The van der Waals surface area contributed by atoms with Crippen LogP contribution >= 0.6 is 0 Å². The highest BCUT2D eigenvalue weighted by atomic mass is 16.2. The lowest BCUT2D eigenvalue weighted by Crippen LogP contribution is -2.50. The third kappa shape index (κ3) is 7.86. The largest absolute Gasteiger partial charge is 0.340 e. The number of nitrogens with zero attached hydrogens (tertiary/aromatic N) is 3. The fraction of sp³-hybridized carbons (Fsp3) is 0.278. The quantitative estimate of drug-likeness (QED) is 0.244. The Balaban J connectivity index is 1.20. The highest BCUT2D eigenvalue weighted by Gasteiger charge is 2.28. The van der Waals surface area contributed by atoms with Gasteiger partial charge in [0.2, 0.25) is 5.91 Å². The fourth-order valence-corrected chi connectivity index (χ4v) is 5.65. The molecule has 4 aromatic carbocycles. The van der Waals surface area contributed by atoms with Gasteiger partial charge in [0.25, 0.3) is 0 Å². The molecule has 1 aliphatic rings. The highest BCUT2D eigenvalue weighted by Crippen LogP contribution is 2.29. The number of amides is 3. The van der Waals surface area contributed by atoms with Crippen LogP contribution < -0.4 is 5.32 Å². The highest BCUT2D eigenvalue weighted by molar-refractivity contribution is 5.89. The zero-order valence-corrected chi connectivity index (χ0v) is 24.4. The number of benzene rings is 4. The molecule has 0 saturated carbocycles. The molecule has 216 valence electrons. The maximum atomic E-state index is 13.4. The van der Waals surface area contributed by atoms with Crippen molar-refractivity contribution in [3.05, 3.63) is 138 Å². The van der Waals surface area contributed by atoms with Crippen molar-refractivity contribution < 1.29 is 9.59 Å². The number of hydrogen-bond donors (Lipinski definition) is 1. The average Bonchev–Trinajstić information content (AvgIpc) is 3.03. The van der Waals surface area contributed by atoms with Gasteiger partial charge in [-0.25, -0.2) is 4.79 Å². The minimum Gasteiger partial charge on any atom is -0.340 e. The van der Waals surface area contributed by atoms with E-state index < -0.39 is 0 Å². The first-order chi connectivity index (χ1) is 20.6. The van der Waals surface area contributed by atoms with E-state index in [2.05, 4.69) is 70.9 Å². The Morgan fingerprint density at radius 2 is 1.33 bits per heavy atom. The van der Waals surface area contributed by atoms with Gasteiger partial charge in [0.05, 0.1) is 6.04 Å². The predicted molar refractivity (Wildman–Crippen MR) is 169 cm³/mol. The summed E-state index contributed by atoms with van der Waals surface area (Å²) in [7, 11) is 0. The summed E-state index contributed by atoms with van der Waals surface area (Å²) in [5, 5.41) is 3.03. The van der Waals surface area contributed by atoms with Crippen LogP contribution in [0.3, 0.4) is 0 Å². The zero-order valence-electron chi connectivity index (χ0n) is 24.4. The summed E-state index contributed by atoms with van der Waals surface area (Å²) in [6, 6.07) is 39.1. The van der Waals surface area contributed by atoms with E-state index >= 15 is 0 Å². The van der Waals surface area contributed by atoms with Crippen LogP contribution in [0.5, 0.6) is 0 Å². The van der Waals surface area contributed by atoms with E-state index in [0.717, 1.165) is 30.8 Å². The second-order valence-electron chi connectivity index (χ2n) is 10.9. The van der Waals surface area contributed by atoms with Crippen molar-refractivity contribution >= 4 is 17.6 Å². The van der Waals surface area contributed by atoms with Crippen molar-refractivity contribution in [2.45, 2.75) is 25.8 Å². The molecule has 0 bridgehead atoms. The van der Waals surface area contributed by atoms with Crippen LogP contribution in [0.2, 0.25) is 0 Å². The first-order valence-corrected chi connectivity index (χ1v) is 14.8. The maximum Gasteiger partial charge on any atom is 0.321 e. The molecular formula is C36H40N4O2. The van der Waals surface area contributed by atoms with Gasteiger partial charge < -0.3 is 15.1 Å². The Kier molecular flexibility index (Phi) is 10.0. The normalized spacial score (nSPS) is 13.6. The first-order valence-electron chi connectivity index (χ1n) is 14.8. The van der Waals surface area contributed by atoms with Crippen LogP contribution in [0.15, 0.2) is 115 Å². The van der Waals surface area contributed by atoms with Crippen LogP contribution in [0.25, 0.3) is 0 Å². The van der Waals surface area contributed by atoms with Gasteiger partial charge in [0.15, 0.2) is 0 Å². The number of carbonyl (C=O) groups excluding carboxylic acids is 2. The molecule has 0 spiro atoms. The number of anilines is 1. The lowest BCUT2D eigenvalue weighted by atomic mass is 9.96. The van der Waals surface area contributed by atoms with E-state index in [1.807, 2.05) is 66.4 Å². The molecule has 42 heavy (non-hydrogen) atoms.